The lowest BCUT2D eigenvalue weighted by Gasteiger charge is -2.16. The lowest BCUT2D eigenvalue weighted by molar-refractivity contribution is 0.665. The second-order valence-electron chi connectivity index (χ2n) is 5.89. The van der Waals surface area contributed by atoms with Gasteiger partial charge in [-0.3, -0.25) is 14.3 Å². The number of anilines is 1. The fourth-order valence-corrected chi connectivity index (χ4v) is 2.97. The highest BCUT2D eigenvalue weighted by Crippen LogP contribution is 2.13. The Bertz CT molecular complexity index is 944. The number of aromatic nitrogens is 2. The maximum atomic E-state index is 12.4. The highest BCUT2D eigenvalue weighted by Gasteiger charge is 2.14. The summed E-state index contributed by atoms with van der Waals surface area (Å²) in [5.41, 5.74) is 2.61. The van der Waals surface area contributed by atoms with Crippen molar-refractivity contribution in [1.29, 1.82) is 0 Å². The molecule has 0 spiro atoms. The van der Waals surface area contributed by atoms with Crippen molar-refractivity contribution in [1.82, 2.24) is 9.55 Å². The molecule has 25 heavy (non-hydrogen) atoms. The number of H-pyrrole nitrogens is 1. The van der Waals surface area contributed by atoms with Gasteiger partial charge in [0.2, 0.25) is 0 Å². The molecule has 5 nitrogen and oxygen atoms in total. The molecule has 0 amide bonds. The van der Waals surface area contributed by atoms with Crippen LogP contribution in [0.15, 0.2) is 70.3 Å². The first-order valence-electron chi connectivity index (χ1n) is 8.30. The van der Waals surface area contributed by atoms with E-state index in [1.807, 2.05) is 60.7 Å². The quantitative estimate of drug-likeness (QED) is 0.727. The average Bonchev–Trinajstić information content (AvgIpc) is 2.64. The smallest absolute Gasteiger partial charge is 0.328 e. The summed E-state index contributed by atoms with van der Waals surface area (Å²) in [5.74, 6) is 0. The van der Waals surface area contributed by atoms with Gasteiger partial charge in [0.15, 0.2) is 0 Å². The van der Waals surface area contributed by atoms with Gasteiger partial charge in [0.1, 0.15) is 5.69 Å². The molecule has 2 N–H and O–H groups in total. The number of nitrogens with one attached hydrogen (secondary N) is 2. The third-order valence-corrected chi connectivity index (χ3v) is 4.23. The summed E-state index contributed by atoms with van der Waals surface area (Å²) >= 11 is 0. The first-order valence-corrected chi connectivity index (χ1v) is 8.30. The summed E-state index contributed by atoms with van der Waals surface area (Å²) in [6, 6.07) is 19.8. The third-order valence-electron chi connectivity index (χ3n) is 4.23. The topological polar surface area (TPSA) is 66.9 Å². The van der Waals surface area contributed by atoms with Gasteiger partial charge in [0, 0.05) is 7.05 Å². The van der Waals surface area contributed by atoms with Gasteiger partial charge in [0.05, 0.1) is 12.2 Å². The number of hydrogen-bond donors (Lipinski definition) is 2. The maximum Gasteiger partial charge on any atom is 0.328 e. The van der Waals surface area contributed by atoms with E-state index in [1.165, 1.54) is 5.56 Å². The van der Waals surface area contributed by atoms with E-state index in [0.29, 0.717) is 18.7 Å². The monoisotopic (exact) mass is 335 g/mol. The SMILES string of the molecule is CNc1c(CCc2ccccc2)n(Cc2ccccc2)c(=O)[nH]c1=O. The number of hydrogen-bond acceptors (Lipinski definition) is 3. The highest BCUT2D eigenvalue weighted by atomic mass is 16.2. The number of nitrogens with zero attached hydrogens (tertiary/aromatic N) is 1. The number of rotatable bonds is 6. The molecule has 3 rings (SSSR count). The van der Waals surface area contributed by atoms with Crippen LogP contribution in [0.5, 0.6) is 0 Å². The highest BCUT2D eigenvalue weighted by molar-refractivity contribution is 5.46. The first kappa shape index (κ1) is 16.8. The molecule has 0 atom stereocenters. The van der Waals surface area contributed by atoms with E-state index in [0.717, 1.165) is 17.7 Å². The van der Waals surface area contributed by atoms with Gasteiger partial charge in [-0.1, -0.05) is 60.7 Å². The zero-order chi connectivity index (χ0) is 17.6. The van der Waals surface area contributed by atoms with Crippen LogP contribution in [0.2, 0.25) is 0 Å². The second-order valence-corrected chi connectivity index (χ2v) is 5.89. The van der Waals surface area contributed by atoms with E-state index in [2.05, 4.69) is 10.3 Å². The lowest BCUT2D eigenvalue weighted by Crippen LogP contribution is -2.35. The van der Waals surface area contributed by atoms with Gasteiger partial charge >= 0.3 is 5.69 Å². The van der Waals surface area contributed by atoms with Crippen LogP contribution in [0.1, 0.15) is 16.8 Å². The molecule has 0 aliphatic carbocycles. The molecule has 3 aromatic rings. The molecular formula is C20H21N3O2. The second kappa shape index (κ2) is 7.66. The van der Waals surface area contributed by atoms with Crippen molar-refractivity contribution in [2.75, 3.05) is 12.4 Å². The lowest BCUT2D eigenvalue weighted by atomic mass is 10.1. The fraction of sp³-hybridized carbons (Fsp3) is 0.200. The molecule has 1 aromatic heterocycles. The van der Waals surface area contributed by atoms with Crippen LogP contribution in [-0.2, 0) is 19.4 Å². The molecule has 0 radical (unpaired) electrons. The van der Waals surface area contributed by atoms with Crippen molar-refractivity contribution in [2.45, 2.75) is 19.4 Å². The molecule has 0 fully saturated rings. The van der Waals surface area contributed by atoms with E-state index in [4.69, 9.17) is 0 Å². The van der Waals surface area contributed by atoms with Crippen molar-refractivity contribution in [3.05, 3.63) is 98.3 Å². The van der Waals surface area contributed by atoms with E-state index in [1.54, 1.807) is 11.6 Å². The minimum atomic E-state index is -0.379. The summed E-state index contributed by atoms with van der Waals surface area (Å²) in [6.07, 6.45) is 1.36. The number of benzene rings is 2. The Kier molecular flexibility index (Phi) is 5.14. The molecule has 128 valence electrons. The van der Waals surface area contributed by atoms with Crippen molar-refractivity contribution in [2.24, 2.45) is 0 Å². The van der Waals surface area contributed by atoms with Crippen LogP contribution in [0.25, 0.3) is 0 Å². The van der Waals surface area contributed by atoms with Gasteiger partial charge in [-0.15, -0.1) is 0 Å². The summed E-state index contributed by atoms with van der Waals surface area (Å²) in [7, 11) is 1.70. The summed E-state index contributed by atoms with van der Waals surface area (Å²) in [4.78, 5) is 27.0. The first-order chi connectivity index (χ1) is 12.2. The molecule has 0 bridgehead atoms. The zero-order valence-corrected chi connectivity index (χ0v) is 14.2. The van der Waals surface area contributed by atoms with Gasteiger partial charge < -0.3 is 5.32 Å². The Morgan fingerprint density at radius 3 is 2.08 bits per heavy atom. The van der Waals surface area contributed by atoms with E-state index in [-0.39, 0.29) is 11.2 Å². The van der Waals surface area contributed by atoms with Crippen molar-refractivity contribution >= 4 is 5.69 Å². The summed E-state index contributed by atoms with van der Waals surface area (Å²) < 4.78 is 1.64. The van der Waals surface area contributed by atoms with Crippen LogP contribution < -0.4 is 16.6 Å². The number of aryl methyl sites for hydroxylation is 1. The Hall–Kier alpha value is -3.08. The van der Waals surface area contributed by atoms with Crippen LogP contribution in [0.4, 0.5) is 5.69 Å². The Labute approximate surface area is 146 Å². The number of aromatic amines is 1. The van der Waals surface area contributed by atoms with Gasteiger partial charge in [-0.2, -0.15) is 0 Å². The molecule has 0 aliphatic heterocycles. The Morgan fingerprint density at radius 1 is 0.880 bits per heavy atom. The van der Waals surface area contributed by atoms with Crippen LogP contribution >= 0.6 is 0 Å². The zero-order valence-electron chi connectivity index (χ0n) is 14.2. The largest absolute Gasteiger partial charge is 0.382 e. The molecule has 2 aromatic carbocycles. The molecule has 1 heterocycles. The predicted molar refractivity (Wildman–Crippen MR) is 100 cm³/mol. The fourth-order valence-electron chi connectivity index (χ4n) is 2.97. The van der Waals surface area contributed by atoms with Gasteiger partial charge in [-0.05, 0) is 24.0 Å². The minimum Gasteiger partial charge on any atom is -0.382 e. The molecule has 0 unspecified atom stereocenters. The van der Waals surface area contributed by atoms with E-state index < -0.39 is 0 Å². The van der Waals surface area contributed by atoms with Crippen molar-refractivity contribution in [3.8, 4) is 0 Å². The summed E-state index contributed by atoms with van der Waals surface area (Å²) in [6.45, 7) is 0.426. The van der Waals surface area contributed by atoms with E-state index >= 15 is 0 Å². The van der Waals surface area contributed by atoms with Crippen LogP contribution in [0.3, 0.4) is 0 Å². The molecule has 0 saturated carbocycles. The normalized spacial score (nSPS) is 10.6. The predicted octanol–water partition coefficient (Wildman–Crippen LogP) is 2.41. The van der Waals surface area contributed by atoms with Gasteiger partial charge in [-0.25, -0.2) is 4.79 Å². The Morgan fingerprint density at radius 2 is 1.48 bits per heavy atom. The van der Waals surface area contributed by atoms with Crippen molar-refractivity contribution < 1.29 is 0 Å². The molecule has 0 saturated heterocycles. The maximum absolute atomic E-state index is 12.4. The Balaban J connectivity index is 2.00. The molecule has 0 aliphatic rings. The van der Waals surface area contributed by atoms with Crippen LogP contribution in [0, 0.1) is 0 Å². The average molecular weight is 335 g/mol. The van der Waals surface area contributed by atoms with Gasteiger partial charge in [0.25, 0.3) is 5.56 Å². The van der Waals surface area contributed by atoms with E-state index in [9.17, 15) is 9.59 Å². The minimum absolute atomic E-state index is 0.375. The van der Waals surface area contributed by atoms with Crippen LogP contribution in [-0.4, -0.2) is 16.6 Å². The standard InChI is InChI=1S/C20H21N3O2/c1-21-18-17(13-12-15-8-4-2-5-9-15)23(20(25)22-19(18)24)14-16-10-6-3-7-11-16/h2-11,21H,12-14H2,1H3,(H,22,24,25). The molecular weight excluding hydrogens is 314 g/mol. The van der Waals surface area contributed by atoms with Crippen molar-refractivity contribution in [3.63, 3.8) is 0 Å². The summed E-state index contributed by atoms with van der Waals surface area (Å²) in [5, 5.41) is 2.95. The molecule has 5 heteroatoms. The third kappa shape index (κ3) is 3.88.